The van der Waals surface area contributed by atoms with Gasteiger partial charge in [-0.1, -0.05) is 12.8 Å². The Balaban J connectivity index is 1.44. The Labute approximate surface area is 106 Å². The number of ether oxygens (including phenoxy) is 1. The molecule has 1 heterocycles. The van der Waals surface area contributed by atoms with Crippen LogP contribution in [0.1, 0.15) is 25.7 Å². The molecule has 1 aliphatic rings. The lowest BCUT2D eigenvalue weighted by Gasteiger charge is -2.11. The minimum absolute atomic E-state index is 0.265. The quantitative estimate of drug-likeness (QED) is 0.647. The molecule has 0 aliphatic heterocycles. The summed E-state index contributed by atoms with van der Waals surface area (Å²) in [5.74, 6) is 1.48. The van der Waals surface area contributed by atoms with Gasteiger partial charge in [0.1, 0.15) is 18.9 Å². The first-order valence-corrected chi connectivity index (χ1v) is 6.87. The Hall–Kier alpha value is -0.720. The minimum Gasteiger partial charge on any atom is -0.473 e. The van der Waals surface area contributed by atoms with E-state index in [9.17, 15) is 5.11 Å². The van der Waals surface area contributed by atoms with Crippen molar-refractivity contribution in [2.75, 3.05) is 19.7 Å². The largest absolute Gasteiger partial charge is 0.473 e. The van der Waals surface area contributed by atoms with Gasteiger partial charge >= 0.3 is 0 Å². The number of aliphatic hydroxyl groups is 1. The summed E-state index contributed by atoms with van der Waals surface area (Å²) in [7, 11) is 0. The average molecular weight is 257 g/mol. The highest BCUT2D eigenvalue weighted by Gasteiger charge is 2.19. The van der Waals surface area contributed by atoms with E-state index in [-0.39, 0.29) is 6.61 Å². The minimum atomic E-state index is -0.488. The number of nitrogens with zero attached hydrogens (tertiary/aromatic N) is 2. The Morgan fingerprint density at radius 1 is 1.59 bits per heavy atom. The highest BCUT2D eigenvalue weighted by atomic mass is 32.1. The van der Waals surface area contributed by atoms with Gasteiger partial charge in [0.25, 0.3) is 0 Å². The number of nitrogens with one attached hydrogen (secondary N) is 1. The van der Waals surface area contributed by atoms with E-state index in [2.05, 4.69) is 14.1 Å². The van der Waals surface area contributed by atoms with Gasteiger partial charge in [-0.3, -0.25) is 0 Å². The van der Waals surface area contributed by atoms with Crippen LogP contribution in [0, 0.1) is 5.92 Å². The maximum atomic E-state index is 9.64. The molecule has 5 nitrogen and oxygen atoms in total. The second kappa shape index (κ2) is 6.88. The number of hydrogen-bond donors (Lipinski definition) is 2. The van der Waals surface area contributed by atoms with Crippen molar-refractivity contribution in [3.05, 3.63) is 6.20 Å². The molecule has 1 aliphatic carbocycles. The van der Waals surface area contributed by atoms with Crippen LogP contribution in [0.5, 0.6) is 5.88 Å². The molecular weight excluding hydrogens is 238 g/mol. The summed E-state index contributed by atoms with van der Waals surface area (Å²) in [6.45, 7) is 1.81. The van der Waals surface area contributed by atoms with Crippen LogP contribution in [0.3, 0.4) is 0 Å². The number of hydrogen-bond acceptors (Lipinski definition) is 6. The lowest BCUT2D eigenvalue weighted by atomic mass is 10.2. The lowest BCUT2D eigenvalue weighted by molar-refractivity contribution is 0.104. The van der Waals surface area contributed by atoms with Crippen LogP contribution in [0.2, 0.25) is 0 Å². The van der Waals surface area contributed by atoms with E-state index < -0.39 is 6.10 Å². The van der Waals surface area contributed by atoms with Gasteiger partial charge in [0.15, 0.2) is 0 Å². The van der Waals surface area contributed by atoms with Crippen LogP contribution in [0.15, 0.2) is 6.20 Å². The van der Waals surface area contributed by atoms with Gasteiger partial charge in [-0.05, 0) is 25.3 Å². The molecule has 1 fully saturated rings. The number of aromatic nitrogens is 2. The van der Waals surface area contributed by atoms with Crippen LogP contribution >= 0.6 is 11.7 Å². The Kier molecular flexibility index (Phi) is 5.15. The first-order valence-electron chi connectivity index (χ1n) is 6.13. The zero-order chi connectivity index (χ0) is 11.9. The summed E-state index contributed by atoms with van der Waals surface area (Å²) in [5.41, 5.74) is 0. The molecule has 1 aromatic rings. The standard InChI is InChI=1S/C11H19N3O2S/c15-10(8-16-11-7-13-17-14-11)6-12-5-1-2-9-3-4-9/h7,9-10,12,15H,1-6,8H2. The summed E-state index contributed by atoms with van der Waals surface area (Å²) in [4.78, 5) is 0. The normalized spacial score (nSPS) is 17.0. The fourth-order valence-electron chi connectivity index (χ4n) is 1.65. The molecule has 2 rings (SSSR count). The summed E-state index contributed by atoms with van der Waals surface area (Å²) in [5, 5.41) is 12.9. The van der Waals surface area contributed by atoms with Gasteiger partial charge < -0.3 is 15.2 Å². The molecular formula is C11H19N3O2S. The van der Waals surface area contributed by atoms with Gasteiger partial charge in [0, 0.05) is 6.54 Å². The summed E-state index contributed by atoms with van der Waals surface area (Å²) < 4.78 is 13.0. The van der Waals surface area contributed by atoms with Crippen LogP contribution in [0.25, 0.3) is 0 Å². The van der Waals surface area contributed by atoms with Gasteiger partial charge in [-0.25, -0.2) is 0 Å². The van der Waals surface area contributed by atoms with Crippen LogP contribution < -0.4 is 10.1 Å². The van der Waals surface area contributed by atoms with Crippen LogP contribution in [0.4, 0.5) is 0 Å². The second-order valence-electron chi connectivity index (χ2n) is 4.50. The third-order valence-corrected chi connectivity index (χ3v) is 3.27. The highest BCUT2D eigenvalue weighted by Crippen LogP contribution is 2.33. The first-order chi connectivity index (χ1) is 8.34. The molecule has 0 saturated heterocycles. The zero-order valence-corrected chi connectivity index (χ0v) is 10.7. The van der Waals surface area contributed by atoms with E-state index in [0.717, 1.165) is 24.2 Å². The molecule has 0 spiro atoms. The topological polar surface area (TPSA) is 67.3 Å². The zero-order valence-electron chi connectivity index (χ0n) is 9.84. The molecule has 17 heavy (non-hydrogen) atoms. The molecule has 1 saturated carbocycles. The molecule has 2 N–H and O–H groups in total. The van der Waals surface area contributed by atoms with E-state index in [4.69, 9.17) is 4.74 Å². The van der Waals surface area contributed by atoms with Crippen molar-refractivity contribution < 1.29 is 9.84 Å². The van der Waals surface area contributed by atoms with Crippen molar-refractivity contribution in [2.24, 2.45) is 5.92 Å². The second-order valence-corrected chi connectivity index (χ2v) is 5.06. The molecule has 6 heteroatoms. The first kappa shape index (κ1) is 12.7. The van der Waals surface area contributed by atoms with Crippen LogP contribution in [-0.4, -0.2) is 39.7 Å². The third kappa shape index (κ3) is 5.43. The van der Waals surface area contributed by atoms with Gasteiger partial charge in [0.05, 0.1) is 11.7 Å². The van der Waals surface area contributed by atoms with Crippen molar-refractivity contribution in [3.8, 4) is 5.88 Å². The SMILES string of the molecule is OC(CNCCCC1CC1)COc1cnsn1. The average Bonchev–Trinajstić information content (AvgIpc) is 3.00. The Morgan fingerprint density at radius 2 is 2.47 bits per heavy atom. The molecule has 0 amide bonds. The van der Waals surface area contributed by atoms with E-state index >= 15 is 0 Å². The van der Waals surface area contributed by atoms with Crippen molar-refractivity contribution in [2.45, 2.75) is 31.8 Å². The lowest BCUT2D eigenvalue weighted by Crippen LogP contribution is -2.32. The maximum Gasteiger partial charge on any atom is 0.245 e. The fraction of sp³-hybridized carbons (Fsp3) is 0.818. The molecule has 0 aromatic carbocycles. The Morgan fingerprint density at radius 3 is 3.18 bits per heavy atom. The fourth-order valence-corrected chi connectivity index (χ4v) is 2.02. The maximum absolute atomic E-state index is 9.64. The molecule has 96 valence electrons. The summed E-state index contributed by atoms with van der Waals surface area (Å²) in [6, 6.07) is 0. The number of rotatable bonds is 9. The van der Waals surface area contributed by atoms with Gasteiger partial charge in [0.2, 0.25) is 5.88 Å². The van der Waals surface area contributed by atoms with Crippen LogP contribution in [-0.2, 0) is 0 Å². The third-order valence-electron chi connectivity index (χ3n) is 2.81. The van der Waals surface area contributed by atoms with E-state index in [1.807, 2.05) is 0 Å². The molecule has 0 radical (unpaired) electrons. The predicted octanol–water partition coefficient (Wildman–Crippen LogP) is 1.06. The molecule has 0 bridgehead atoms. The molecule has 1 unspecified atom stereocenters. The van der Waals surface area contributed by atoms with Crippen molar-refractivity contribution in [3.63, 3.8) is 0 Å². The highest BCUT2D eigenvalue weighted by molar-refractivity contribution is 6.99. The monoisotopic (exact) mass is 257 g/mol. The molecule has 1 atom stereocenters. The predicted molar refractivity (Wildman–Crippen MR) is 66.2 cm³/mol. The smallest absolute Gasteiger partial charge is 0.245 e. The Bertz CT molecular complexity index is 304. The van der Waals surface area contributed by atoms with Gasteiger partial charge in [-0.15, -0.1) is 4.37 Å². The van der Waals surface area contributed by atoms with E-state index in [1.54, 1.807) is 6.20 Å². The van der Waals surface area contributed by atoms with Gasteiger partial charge in [-0.2, -0.15) is 4.37 Å². The van der Waals surface area contributed by atoms with Crippen molar-refractivity contribution >= 4 is 11.7 Å². The summed E-state index contributed by atoms with van der Waals surface area (Å²) >= 11 is 1.10. The summed E-state index contributed by atoms with van der Waals surface area (Å²) in [6.07, 6.45) is 6.42. The van der Waals surface area contributed by atoms with Crippen molar-refractivity contribution in [1.29, 1.82) is 0 Å². The van der Waals surface area contributed by atoms with Crippen molar-refractivity contribution in [1.82, 2.24) is 14.1 Å². The number of aliphatic hydroxyl groups excluding tert-OH is 1. The van der Waals surface area contributed by atoms with E-state index in [1.165, 1.54) is 25.7 Å². The molecule has 1 aromatic heterocycles. The van der Waals surface area contributed by atoms with E-state index in [0.29, 0.717) is 12.4 Å².